The maximum Gasteiger partial charge on any atom is 0.418 e. The Morgan fingerprint density at radius 3 is 2.83 bits per heavy atom. The Morgan fingerprint density at radius 2 is 2.13 bits per heavy atom. The van der Waals surface area contributed by atoms with E-state index in [-0.39, 0.29) is 24.9 Å². The van der Waals surface area contributed by atoms with E-state index in [1.54, 1.807) is 0 Å². The summed E-state index contributed by atoms with van der Waals surface area (Å²) in [6, 6.07) is -1.82. The molecule has 3 fully saturated rings. The van der Waals surface area contributed by atoms with Crippen LogP contribution >= 0.6 is 0 Å². The van der Waals surface area contributed by atoms with E-state index in [1.165, 1.54) is 4.90 Å². The summed E-state index contributed by atoms with van der Waals surface area (Å²) in [5.41, 5.74) is 0. The molecule has 0 aromatic rings. The molecule has 0 aromatic carbocycles. The fourth-order valence-electron chi connectivity index (χ4n) is 3.38. The molecule has 3 aliphatic rings. The van der Waals surface area contributed by atoms with Crippen LogP contribution in [0.25, 0.3) is 0 Å². The van der Waals surface area contributed by atoms with E-state index in [0.717, 1.165) is 32.4 Å². The van der Waals surface area contributed by atoms with Crippen LogP contribution in [-0.2, 0) is 19.5 Å². The summed E-state index contributed by atoms with van der Waals surface area (Å²) in [5, 5.41) is 6.85. The average Bonchev–Trinajstić information content (AvgIpc) is 2.90. The standard InChI is InChI=1S/C12H20N4O6S/c17-11(14-8-2-1-4-13-5-3-8)10-6-9-7-15(10)12(18)16(9)22-23(19,20)21/h8-10,13H,1-7H2,(H,14,17)(H,19,20,21)/t8-,9-,10-/m0/s1. The Labute approximate surface area is 134 Å². The van der Waals surface area contributed by atoms with Crippen LogP contribution in [0.3, 0.4) is 0 Å². The van der Waals surface area contributed by atoms with Gasteiger partial charge in [-0.25, -0.2) is 4.79 Å². The molecule has 0 aromatic heterocycles. The third-order valence-electron chi connectivity index (χ3n) is 4.44. The molecular formula is C12H20N4O6S. The second-order valence-electron chi connectivity index (χ2n) is 6.05. The maximum atomic E-state index is 12.4. The first kappa shape index (κ1) is 16.4. The zero-order valence-corrected chi connectivity index (χ0v) is 13.3. The second-order valence-corrected chi connectivity index (χ2v) is 7.06. The van der Waals surface area contributed by atoms with Crippen molar-refractivity contribution >= 4 is 22.3 Å². The number of hydrogen-bond acceptors (Lipinski definition) is 6. The molecular weight excluding hydrogens is 328 g/mol. The maximum absolute atomic E-state index is 12.4. The van der Waals surface area contributed by atoms with E-state index >= 15 is 0 Å². The summed E-state index contributed by atoms with van der Waals surface area (Å²) in [7, 11) is -4.76. The van der Waals surface area contributed by atoms with E-state index in [9.17, 15) is 18.0 Å². The van der Waals surface area contributed by atoms with E-state index < -0.39 is 28.5 Å². The molecule has 0 unspecified atom stereocenters. The summed E-state index contributed by atoms with van der Waals surface area (Å²) >= 11 is 0. The predicted octanol–water partition coefficient (Wildman–Crippen LogP) is -1.14. The lowest BCUT2D eigenvalue weighted by Crippen LogP contribution is -2.53. The molecule has 3 amide bonds. The van der Waals surface area contributed by atoms with Gasteiger partial charge in [-0.05, 0) is 32.4 Å². The molecule has 0 aliphatic carbocycles. The number of urea groups is 1. The lowest BCUT2D eigenvalue weighted by atomic mass is 10.1. The molecule has 0 saturated carbocycles. The molecule has 3 rings (SSSR count). The highest BCUT2D eigenvalue weighted by atomic mass is 32.3. The van der Waals surface area contributed by atoms with Gasteiger partial charge in [0.15, 0.2) is 0 Å². The minimum Gasteiger partial charge on any atom is -0.352 e. The van der Waals surface area contributed by atoms with Gasteiger partial charge in [-0.3, -0.25) is 9.35 Å². The van der Waals surface area contributed by atoms with Crippen molar-refractivity contribution in [3.05, 3.63) is 0 Å². The minimum atomic E-state index is -4.76. The van der Waals surface area contributed by atoms with Crippen molar-refractivity contribution < 1.29 is 26.8 Å². The summed E-state index contributed by atoms with van der Waals surface area (Å²) in [6.45, 7) is 1.99. The lowest BCUT2D eigenvalue weighted by Gasteiger charge is -2.30. The first-order chi connectivity index (χ1) is 10.8. The van der Waals surface area contributed by atoms with E-state index in [1.807, 2.05) is 0 Å². The smallest absolute Gasteiger partial charge is 0.352 e. The molecule has 11 heteroatoms. The number of carbonyl (C=O) groups is 2. The Hall–Kier alpha value is -1.43. The van der Waals surface area contributed by atoms with Gasteiger partial charge >= 0.3 is 16.4 Å². The molecule has 3 heterocycles. The summed E-state index contributed by atoms with van der Waals surface area (Å²) in [6.07, 6.45) is 2.99. The summed E-state index contributed by atoms with van der Waals surface area (Å²) < 4.78 is 34.5. The number of rotatable bonds is 4. The van der Waals surface area contributed by atoms with Crippen molar-refractivity contribution in [1.82, 2.24) is 20.6 Å². The monoisotopic (exact) mass is 348 g/mol. The van der Waals surface area contributed by atoms with E-state index in [2.05, 4.69) is 14.9 Å². The molecule has 3 saturated heterocycles. The van der Waals surface area contributed by atoms with E-state index in [4.69, 9.17) is 4.55 Å². The van der Waals surface area contributed by atoms with Gasteiger partial charge in [-0.2, -0.15) is 13.5 Å². The van der Waals surface area contributed by atoms with Gasteiger partial charge in [-0.1, -0.05) is 0 Å². The molecule has 130 valence electrons. The number of amides is 3. The Bertz CT molecular complexity index is 588. The third kappa shape index (κ3) is 3.57. The van der Waals surface area contributed by atoms with Crippen molar-refractivity contribution in [3.63, 3.8) is 0 Å². The fraction of sp³-hybridized carbons (Fsp3) is 0.833. The molecule has 2 bridgehead atoms. The van der Waals surface area contributed by atoms with Crippen molar-refractivity contribution in [3.8, 4) is 0 Å². The van der Waals surface area contributed by atoms with Gasteiger partial charge in [0.25, 0.3) is 0 Å². The fourth-order valence-corrected chi connectivity index (χ4v) is 3.77. The molecule has 0 spiro atoms. The first-order valence-corrected chi connectivity index (χ1v) is 8.99. The number of nitrogens with zero attached hydrogens (tertiary/aromatic N) is 2. The van der Waals surface area contributed by atoms with Gasteiger partial charge in [0.1, 0.15) is 6.04 Å². The first-order valence-electron chi connectivity index (χ1n) is 7.63. The quantitative estimate of drug-likeness (QED) is 0.548. The predicted molar refractivity (Wildman–Crippen MR) is 77.4 cm³/mol. The van der Waals surface area contributed by atoms with Crippen molar-refractivity contribution in [1.29, 1.82) is 0 Å². The van der Waals surface area contributed by atoms with Crippen molar-refractivity contribution in [2.75, 3.05) is 19.6 Å². The molecule has 10 nitrogen and oxygen atoms in total. The van der Waals surface area contributed by atoms with Gasteiger partial charge in [-0.15, -0.1) is 4.28 Å². The Kier molecular flexibility index (Phi) is 4.45. The van der Waals surface area contributed by atoms with Gasteiger partial charge in [0.05, 0.1) is 6.04 Å². The van der Waals surface area contributed by atoms with Crippen LogP contribution in [0.1, 0.15) is 25.7 Å². The topological polar surface area (TPSA) is 128 Å². The average molecular weight is 348 g/mol. The minimum absolute atomic E-state index is 0.0816. The summed E-state index contributed by atoms with van der Waals surface area (Å²) in [4.78, 5) is 25.7. The summed E-state index contributed by atoms with van der Waals surface area (Å²) in [5.74, 6) is -0.223. The lowest BCUT2D eigenvalue weighted by molar-refractivity contribution is -0.127. The highest BCUT2D eigenvalue weighted by Gasteiger charge is 2.53. The SMILES string of the molecule is O=C(N[C@H]1CCCNCC1)[C@@H]1C[C@H]2CN1C(=O)N2OS(=O)(=O)O. The second kappa shape index (κ2) is 6.23. The van der Waals surface area contributed by atoms with Gasteiger partial charge < -0.3 is 15.5 Å². The molecule has 3 N–H and O–H groups in total. The number of hydroxylamine groups is 2. The number of carbonyl (C=O) groups excluding carboxylic acids is 2. The van der Waals surface area contributed by atoms with Crippen LogP contribution in [0.2, 0.25) is 0 Å². The molecule has 3 aliphatic heterocycles. The Morgan fingerprint density at radius 1 is 1.35 bits per heavy atom. The highest BCUT2D eigenvalue weighted by Crippen LogP contribution is 2.32. The van der Waals surface area contributed by atoms with Crippen LogP contribution in [0.15, 0.2) is 0 Å². The number of hydrogen-bond donors (Lipinski definition) is 3. The van der Waals surface area contributed by atoms with Crippen LogP contribution in [0.4, 0.5) is 4.79 Å². The van der Waals surface area contributed by atoms with Crippen LogP contribution in [0.5, 0.6) is 0 Å². The van der Waals surface area contributed by atoms with E-state index in [0.29, 0.717) is 5.06 Å². The van der Waals surface area contributed by atoms with Crippen LogP contribution in [-0.4, -0.2) is 72.6 Å². The van der Waals surface area contributed by atoms with Crippen molar-refractivity contribution in [2.45, 2.75) is 43.8 Å². The Balaban J connectivity index is 1.59. The van der Waals surface area contributed by atoms with Gasteiger partial charge in [0, 0.05) is 19.0 Å². The molecule has 0 radical (unpaired) electrons. The highest BCUT2D eigenvalue weighted by molar-refractivity contribution is 7.80. The van der Waals surface area contributed by atoms with Crippen LogP contribution < -0.4 is 10.6 Å². The normalized spacial score (nSPS) is 31.3. The van der Waals surface area contributed by atoms with Crippen molar-refractivity contribution in [2.24, 2.45) is 0 Å². The largest absolute Gasteiger partial charge is 0.418 e. The van der Waals surface area contributed by atoms with Gasteiger partial charge in [0.2, 0.25) is 5.91 Å². The zero-order valence-electron chi connectivity index (χ0n) is 12.5. The third-order valence-corrected chi connectivity index (χ3v) is 4.79. The zero-order chi connectivity index (χ0) is 16.6. The number of nitrogens with one attached hydrogen (secondary N) is 2. The van der Waals surface area contributed by atoms with Crippen LogP contribution in [0, 0.1) is 0 Å². The number of fused-ring (bicyclic) bond motifs is 2. The molecule has 23 heavy (non-hydrogen) atoms. The molecule has 3 atom stereocenters.